The number of hydrogen-bond donors (Lipinski definition) is 1. The van der Waals surface area contributed by atoms with E-state index in [0.717, 1.165) is 11.1 Å². The zero-order chi connectivity index (χ0) is 8.55. The van der Waals surface area contributed by atoms with Gasteiger partial charge < -0.3 is 5.73 Å². The van der Waals surface area contributed by atoms with Crippen molar-refractivity contribution < 1.29 is 0 Å². The maximum atomic E-state index is 5.48. The van der Waals surface area contributed by atoms with Gasteiger partial charge in [-0.2, -0.15) is 5.10 Å². The van der Waals surface area contributed by atoms with Crippen molar-refractivity contribution in [3.05, 3.63) is 36.2 Å². The van der Waals surface area contributed by atoms with Crippen molar-refractivity contribution in [3.8, 4) is 0 Å². The van der Waals surface area contributed by atoms with E-state index in [-0.39, 0.29) is 0 Å². The second kappa shape index (κ2) is 2.57. The van der Waals surface area contributed by atoms with Gasteiger partial charge in [0, 0.05) is 18.0 Å². The fourth-order valence-corrected chi connectivity index (χ4v) is 1.20. The van der Waals surface area contributed by atoms with E-state index in [9.17, 15) is 0 Å². The fraction of sp³-hybridized carbons (Fsp3) is 0. The van der Waals surface area contributed by atoms with Crippen molar-refractivity contribution in [1.29, 1.82) is 0 Å². The van der Waals surface area contributed by atoms with Crippen LogP contribution in [0.3, 0.4) is 0 Å². The lowest BCUT2D eigenvalue weighted by molar-refractivity contribution is 0.960. The normalized spacial score (nSPS) is 10.3. The molecule has 3 nitrogen and oxygen atoms in total. The van der Waals surface area contributed by atoms with Crippen LogP contribution in [-0.4, -0.2) is 14.6 Å². The van der Waals surface area contributed by atoms with Crippen LogP contribution in [0.1, 0.15) is 5.56 Å². The number of aromatic nitrogens is 2. The molecule has 60 valence electrons. The van der Waals surface area contributed by atoms with Crippen LogP contribution < -0.4 is 5.73 Å². The smallest absolute Gasteiger partial charge is 0.104 e. The van der Waals surface area contributed by atoms with E-state index in [2.05, 4.69) is 5.10 Å². The highest BCUT2D eigenvalue weighted by atomic mass is 32.1. The Kier molecular flexibility index (Phi) is 1.55. The first-order chi connectivity index (χ1) is 5.77. The summed E-state index contributed by atoms with van der Waals surface area (Å²) in [5.41, 5.74) is 7.35. The zero-order valence-corrected chi connectivity index (χ0v) is 7.08. The van der Waals surface area contributed by atoms with Crippen molar-refractivity contribution in [2.75, 3.05) is 0 Å². The first kappa shape index (κ1) is 7.24. The van der Waals surface area contributed by atoms with Crippen LogP contribution in [0.15, 0.2) is 30.6 Å². The van der Waals surface area contributed by atoms with Gasteiger partial charge in [0.05, 0.1) is 5.52 Å². The standard InChI is InChI=1S/C8H7N3S/c9-8(12)6-2-4-11-7(5-6)1-3-10-11/h1-5H,(H2,9,12). The molecule has 0 saturated heterocycles. The summed E-state index contributed by atoms with van der Waals surface area (Å²) in [5, 5.41) is 4.05. The molecule has 0 saturated carbocycles. The van der Waals surface area contributed by atoms with Crippen LogP contribution in [0.5, 0.6) is 0 Å². The number of rotatable bonds is 1. The van der Waals surface area contributed by atoms with Gasteiger partial charge in [0.25, 0.3) is 0 Å². The number of nitrogens with zero attached hydrogens (tertiary/aromatic N) is 2. The molecule has 0 aliphatic heterocycles. The molecule has 0 fully saturated rings. The van der Waals surface area contributed by atoms with E-state index in [0.29, 0.717) is 4.99 Å². The van der Waals surface area contributed by atoms with Gasteiger partial charge in [0.2, 0.25) is 0 Å². The van der Waals surface area contributed by atoms with Crippen molar-refractivity contribution in [3.63, 3.8) is 0 Å². The molecule has 0 unspecified atom stereocenters. The third-order valence-electron chi connectivity index (χ3n) is 1.68. The Hall–Kier alpha value is -1.42. The summed E-state index contributed by atoms with van der Waals surface area (Å²) in [6.07, 6.45) is 3.57. The summed E-state index contributed by atoms with van der Waals surface area (Å²) in [4.78, 5) is 0.415. The van der Waals surface area contributed by atoms with Gasteiger partial charge in [-0.25, -0.2) is 4.52 Å². The Balaban J connectivity index is 2.68. The van der Waals surface area contributed by atoms with E-state index >= 15 is 0 Å². The van der Waals surface area contributed by atoms with E-state index in [1.54, 1.807) is 10.7 Å². The molecular weight excluding hydrogens is 170 g/mol. The molecule has 0 atom stereocenters. The molecule has 2 heterocycles. The minimum Gasteiger partial charge on any atom is -0.389 e. The highest BCUT2D eigenvalue weighted by molar-refractivity contribution is 7.80. The van der Waals surface area contributed by atoms with Gasteiger partial charge in [-0.15, -0.1) is 0 Å². The van der Waals surface area contributed by atoms with Crippen LogP contribution >= 0.6 is 12.2 Å². The minimum atomic E-state index is 0.415. The second-order valence-electron chi connectivity index (χ2n) is 2.48. The largest absolute Gasteiger partial charge is 0.389 e. The molecule has 0 amide bonds. The molecule has 0 spiro atoms. The molecule has 0 aromatic carbocycles. The minimum absolute atomic E-state index is 0.415. The molecule has 4 heteroatoms. The van der Waals surface area contributed by atoms with Gasteiger partial charge in [-0.1, -0.05) is 12.2 Å². The first-order valence-electron chi connectivity index (χ1n) is 3.50. The van der Waals surface area contributed by atoms with Crippen molar-refractivity contribution in [1.82, 2.24) is 9.61 Å². The SMILES string of the molecule is NC(=S)c1ccn2nccc2c1. The maximum absolute atomic E-state index is 5.48. The molecule has 0 aliphatic carbocycles. The van der Waals surface area contributed by atoms with E-state index in [1.807, 2.05) is 24.4 Å². The number of pyridine rings is 1. The van der Waals surface area contributed by atoms with E-state index in [4.69, 9.17) is 18.0 Å². The molecule has 0 radical (unpaired) electrons. The molecule has 12 heavy (non-hydrogen) atoms. The Morgan fingerprint density at radius 1 is 1.50 bits per heavy atom. The molecule has 0 aliphatic rings. The van der Waals surface area contributed by atoms with Gasteiger partial charge in [0.1, 0.15) is 4.99 Å². The monoisotopic (exact) mass is 177 g/mol. The van der Waals surface area contributed by atoms with Gasteiger partial charge in [0.15, 0.2) is 0 Å². The number of fused-ring (bicyclic) bond motifs is 1. The van der Waals surface area contributed by atoms with E-state index < -0.39 is 0 Å². The lowest BCUT2D eigenvalue weighted by Crippen LogP contribution is -2.09. The molecule has 0 bridgehead atoms. The predicted octanol–water partition coefficient (Wildman–Crippen LogP) is 0.969. The Morgan fingerprint density at radius 3 is 3.08 bits per heavy atom. The summed E-state index contributed by atoms with van der Waals surface area (Å²) in [6, 6.07) is 5.67. The average Bonchev–Trinajstić information content (AvgIpc) is 2.49. The lowest BCUT2D eigenvalue weighted by atomic mass is 10.2. The van der Waals surface area contributed by atoms with Crippen LogP contribution in [0.4, 0.5) is 0 Å². The molecule has 2 rings (SSSR count). The van der Waals surface area contributed by atoms with Crippen LogP contribution in [0.25, 0.3) is 5.52 Å². The zero-order valence-electron chi connectivity index (χ0n) is 6.27. The molecule has 2 aromatic heterocycles. The topological polar surface area (TPSA) is 43.3 Å². The summed E-state index contributed by atoms with van der Waals surface area (Å²) in [6.45, 7) is 0. The molecule has 2 N–H and O–H groups in total. The third-order valence-corrected chi connectivity index (χ3v) is 1.92. The Morgan fingerprint density at radius 2 is 2.33 bits per heavy atom. The number of hydrogen-bond acceptors (Lipinski definition) is 2. The highest BCUT2D eigenvalue weighted by Crippen LogP contribution is 2.05. The van der Waals surface area contributed by atoms with Gasteiger partial charge >= 0.3 is 0 Å². The third kappa shape index (κ3) is 1.06. The average molecular weight is 177 g/mol. The van der Waals surface area contributed by atoms with E-state index in [1.165, 1.54) is 0 Å². The Labute approximate surface area is 74.8 Å². The fourth-order valence-electron chi connectivity index (χ4n) is 1.07. The summed E-state index contributed by atoms with van der Waals surface area (Å²) < 4.78 is 1.77. The van der Waals surface area contributed by atoms with Crippen LogP contribution in [-0.2, 0) is 0 Å². The Bertz CT molecular complexity index is 433. The highest BCUT2D eigenvalue weighted by Gasteiger charge is 1.97. The van der Waals surface area contributed by atoms with Crippen LogP contribution in [0, 0.1) is 0 Å². The number of nitrogens with two attached hydrogens (primary N) is 1. The van der Waals surface area contributed by atoms with Crippen molar-refractivity contribution in [2.45, 2.75) is 0 Å². The molecule has 2 aromatic rings. The lowest BCUT2D eigenvalue weighted by Gasteiger charge is -1.97. The number of thiocarbonyl (C=S) groups is 1. The van der Waals surface area contributed by atoms with Crippen LogP contribution in [0.2, 0.25) is 0 Å². The van der Waals surface area contributed by atoms with Crippen molar-refractivity contribution >= 4 is 22.7 Å². The summed E-state index contributed by atoms with van der Waals surface area (Å²) in [7, 11) is 0. The predicted molar refractivity (Wildman–Crippen MR) is 51.1 cm³/mol. The molecular formula is C8H7N3S. The summed E-state index contributed by atoms with van der Waals surface area (Å²) >= 11 is 4.85. The summed E-state index contributed by atoms with van der Waals surface area (Å²) in [5.74, 6) is 0. The quantitative estimate of drug-likeness (QED) is 0.660. The van der Waals surface area contributed by atoms with Crippen molar-refractivity contribution in [2.24, 2.45) is 5.73 Å². The first-order valence-corrected chi connectivity index (χ1v) is 3.91. The second-order valence-corrected chi connectivity index (χ2v) is 2.92. The van der Waals surface area contributed by atoms with Gasteiger partial charge in [-0.05, 0) is 18.2 Å². The maximum Gasteiger partial charge on any atom is 0.104 e. The van der Waals surface area contributed by atoms with Gasteiger partial charge in [-0.3, -0.25) is 0 Å².